The Balaban J connectivity index is 0.000000841. The third kappa shape index (κ3) is 8.10. The van der Waals surface area contributed by atoms with Gasteiger partial charge in [-0.3, -0.25) is 14.3 Å². The Kier molecular flexibility index (Phi) is 13.3. The molecule has 0 unspecified atom stereocenters. The Labute approximate surface area is 200 Å². The number of likely N-dealkylation sites (tertiary alicyclic amines) is 1. The highest BCUT2D eigenvalue weighted by Gasteiger charge is 2.36. The van der Waals surface area contributed by atoms with Crippen LogP contribution in [0.1, 0.15) is 79.3 Å². The van der Waals surface area contributed by atoms with E-state index in [2.05, 4.69) is 10.4 Å². The van der Waals surface area contributed by atoms with Crippen LogP contribution in [0.5, 0.6) is 0 Å². The van der Waals surface area contributed by atoms with Crippen LogP contribution in [0.4, 0.5) is 0 Å². The first-order valence-corrected chi connectivity index (χ1v) is 13.1. The number of nitrogens with one attached hydrogen (secondary N) is 1. The summed E-state index contributed by atoms with van der Waals surface area (Å²) in [6, 6.07) is 2.16. The predicted molar refractivity (Wildman–Crippen MR) is 133 cm³/mol. The number of nitrogens with zero attached hydrogens (tertiary/aromatic N) is 4. The molecule has 0 saturated carbocycles. The highest BCUT2D eigenvalue weighted by molar-refractivity contribution is 5.78. The summed E-state index contributed by atoms with van der Waals surface area (Å²) < 4.78 is 1.79. The molecule has 33 heavy (non-hydrogen) atoms. The molecule has 1 aromatic rings. The number of carbonyl (C=O) groups is 2. The summed E-state index contributed by atoms with van der Waals surface area (Å²) in [5.41, 5.74) is 0.245. The molecule has 4 heterocycles. The molecule has 0 atom stereocenters. The van der Waals surface area contributed by atoms with Crippen molar-refractivity contribution < 1.29 is 14.7 Å². The lowest BCUT2D eigenvalue weighted by atomic mass is 9.88. The van der Waals surface area contributed by atoms with Gasteiger partial charge in [-0.1, -0.05) is 41.5 Å². The maximum absolute atomic E-state index is 12.6. The summed E-state index contributed by atoms with van der Waals surface area (Å²) in [6.07, 6.45) is 5.66. The van der Waals surface area contributed by atoms with E-state index in [9.17, 15) is 14.7 Å². The Morgan fingerprint density at radius 1 is 1.09 bits per heavy atom. The summed E-state index contributed by atoms with van der Waals surface area (Å²) >= 11 is 0. The third-order valence-electron chi connectivity index (χ3n) is 6.29. The van der Waals surface area contributed by atoms with E-state index in [-0.39, 0.29) is 24.3 Å². The van der Waals surface area contributed by atoms with Crippen LogP contribution in [-0.4, -0.2) is 80.9 Å². The second-order valence-corrected chi connectivity index (χ2v) is 8.08. The topological polar surface area (TPSA) is 90.7 Å². The first kappa shape index (κ1) is 29.1. The van der Waals surface area contributed by atoms with E-state index in [1.807, 2.05) is 57.4 Å². The number of amides is 2. The Morgan fingerprint density at radius 2 is 1.70 bits per heavy atom. The molecular weight excluding hydrogens is 418 g/mol. The van der Waals surface area contributed by atoms with Gasteiger partial charge in [-0.05, 0) is 44.8 Å². The molecule has 2 saturated heterocycles. The van der Waals surface area contributed by atoms with Crippen molar-refractivity contribution in [3.8, 4) is 0 Å². The van der Waals surface area contributed by atoms with Crippen LogP contribution in [0.25, 0.3) is 0 Å². The number of hydrogen-bond acceptors (Lipinski definition) is 5. The fraction of sp³-hybridized carbons (Fsp3) is 0.800. The minimum absolute atomic E-state index is 0.0418. The zero-order chi connectivity index (χ0) is 24.9. The van der Waals surface area contributed by atoms with E-state index >= 15 is 0 Å². The van der Waals surface area contributed by atoms with Crippen molar-refractivity contribution in [2.45, 2.75) is 98.3 Å². The second kappa shape index (κ2) is 15.1. The van der Waals surface area contributed by atoms with E-state index in [0.717, 1.165) is 44.6 Å². The van der Waals surface area contributed by atoms with Crippen molar-refractivity contribution in [1.82, 2.24) is 24.9 Å². The summed E-state index contributed by atoms with van der Waals surface area (Å²) in [5, 5.41) is 18.1. The van der Waals surface area contributed by atoms with Crippen LogP contribution in [0, 0.1) is 0 Å². The average molecular weight is 466 g/mol. The van der Waals surface area contributed by atoms with E-state index in [1.165, 1.54) is 0 Å². The standard InChI is InChI=1S/C19H29N5O3.3C2H6/c25-17(13-19(27)5-8-20-9-6-19)22-10-2-15(3-11-22)23-12-4-16-1-7-21-24(16)14-18(23)26;3*1-2/h1,7,15,20,27H,2-6,8-14H2;3*1-2H3. The van der Waals surface area contributed by atoms with E-state index in [0.29, 0.717) is 32.5 Å². The number of carbonyl (C=O) groups excluding carboxylic acids is 2. The smallest absolute Gasteiger partial charge is 0.244 e. The van der Waals surface area contributed by atoms with Gasteiger partial charge in [0.05, 0.1) is 12.0 Å². The number of fused-ring (bicyclic) bond motifs is 1. The number of hydrogen-bond donors (Lipinski definition) is 2. The summed E-state index contributed by atoms with van der Waals surface area (Å²) in [4.78, 5) is 29.1. The molecule has 2 amide bonds. The molecule has 0 aliphatic carbocycles. The lowest BCUT2D eigenvalue weighted by Gasteiger charge is -2.39. The lowest BCUT2D eigenvalue weighted by Crippen LogP contribution is -2.51. The van der Waals surface area contributed by atoms with Crippen molar-refractivity contribution in [2.24, 2.45) is 0 Å². The molecule has 0 bridgehead atoms. The van der Waals surface area contributed by atoms with Gasteiger partial charge in [0.2, 0.25) is 11.8 Å². The summed E-state index contributed by atoms with van der Waals surface area (Å²) in [5.74, 6) is 0.159. The molecule has 0 spiro atoms. The van der Waals surface area contributed by atoms with Crippen LogP contribution < -0.4 is 5.32 Å². The summed E-state index contributed by atoms with van der Waals surface area (Å²) in [6.45, 7) is 15.9. The molecule has 2 fully saturated rings. The zero-order valence-corrected chi connectivity index (χ0v) is 21.8. The highest BCUT2D eigenvalue weighted by atomic mass is 16.3. The van der Waals surface area contributed by atoms with Crippen molar-refractivity contribution in [3.05, 3.63) is 18.0 Å². The molecule has 3 aliphatic heterocycles. The normalized spacial score (nSPS) is 20.0. The Morgan fingerprint density at radius 3 is 2.30 bits per heavy atom. The zero-order valence-electron chi connectivity index (χ0n) is 21.8. The molecule has 1 aromatic heterocycles. The average Bonchev–Trinajstić information content (AvgIpc) is 3.23. The molecule has 8 heteroatoms. The van der Waals surface area contributed by atoms with E-state index in [4.69, 9.17) is 0 Å². The highest BCUT2D eigenvalue weighted by Crippen LogP contribution is 2.25. The minimum atomic E-state index is -0.861. The van der Waals surface area contributed by atoms with Crippen molar-refractivity contribution in [1.29, 1.82) is 0 Å². The molecule has 2 N–H and O–H groups in total. The number of piperidine rings is 2. The van der Waals surface area contributed by atoms with Gasteiger partial charge in [-0.2, -0.15) is 5.10 Å². The van der Waals surface area contributed by atoms with Gasteiger partial charge in [0.25, 0.3) is 0 Å². The molecule has 8 nitrogen and oxygen atoms in total. The Hall–Kier alpha value is -1.93. The van der Waals surface area contributed by atoms with Gasteiger partial charge in [0.15, 0.2) is 0 Å². The first-order valence-electron chi connectivity index (χ1n) is 13.1. The predicted octanol–water partition coefficient (Wildman–Crippen LogP) is 2.84. The summed E-state index contributed by atoms with van der Waals surface area (Å²) in [7, 11) is 0. The van der Waals surface area contributed by atoms with Gasteiger partial charge in [0.1, 0.15) is 6.54 Å². The molecule has 0 aromatic carbocycles. The van der Waals surface area contributed by atoms with Gasteiger partial charge in [0, 0.05) is 44.0 Å². The van der Waals surface area contributed by atoms with Gasteiger partial charge in [-0.15, -0.1) is 0 Å². The second-order valence-electron chi connectivity index (χ2n) is 8.08. The van der Waals surface area contributed by atoms with Crippen LogP contribution in [0.3, 0.4) is 0 Å². The van der Waals surface area contributed by atoms with Gasteiger partial charge in [-0.25, -0.2) is 0 Å². The number of aromatic nitrogens is 2. The van der Waals surface area contributed by atoms with Gasteiger partial charge >= 0.3 is 0 Å². The van der Waals surface area contributed by atoms with Crippen LogP contribution in [-0.2, 0) is 22.6 Å². The monoisotopic (exact) mass is 465 g/mol. The number of rotatable bonds is 3. The van der Waals surface area contributed by atoms with Crippen LogP contribution in [0.15, 0.2) is 12.3 Å². The van der Waals surface area contributed by atoms with Crippen LogP contribution >= 0.6 is 0 Å². The van der Waals surface area contributed by atoms with Crippen molar-refractivity contribution >= 4 is 11.8 Å². The fourth-order valence-electron chi connectivity index (χ4n) is 4.57. The minimum Gasteiger partial charge on any atom is -0.389 e. The third-order valence-corrected chi connectivity index (χ3v) is 6.29. The van der Waals surface area contributed by atoms with Crippen molar-refractivity contribution in [3.63, 3.8) is 0 Å². The first-order chi connectivity index (χ1) is 16.0. The molecule has 3 aliphatic rings. The molecule has 0 radical (unpaired) electrons. The largest absolute Gasteiger partial charge is 0.389 e. The van der Waals surface area contributed by atoms with Crippen molar-refractivity contribution in [2.75, 3.05) is 32.7 Å². The quantitative estimate of drug-likeness (QED) is 0.716. The molecule has 190 valence electrons. The maximum atomic E-state index is 12.6. The molecular formula is C25H47N5O3. The van der Waals surface area contributed by atoms with Gasteiger partial charge < -0.3 is 20.2 Å². The van der Waals surface area contributed by atoms with E-state index < -0.39 is 5.60 Å². The lowest BCUT2D eigenvalue weighted by molar-refractivity contribution is -0.140. The van der Waals surface area contributed by atoms with E-state index in [1.54, 1.807) is 10.9 Å². The SMILES string of the molecule is CC.CC.CC.O=C(CC1(O)CCNCC1)N1CCC(N2CCc3ccnn3CC2=O)CC1. The van der Waals surface area contributed by atoms with Crippen LogP contribution in [0.2, 0.25) is 0 Å². The molecule has 4 rings (SSSR count). The Bertz CT molecular complexity index is 692. The fourth-order valence-corrected chi connectivity index (χ4v) is 4.57. The maximum Gasteiger partial charge on any atom is 0.244 e. The number of aliphatic hydroxyl groups is 1.